The lowest BCUT2D eigenvalue weighted by atomic mass is 10.00. The monoisotopic (exact) mass is 606 g/mol. The second-order valence-electron chi connectivity index (χ2n) is 11.3. The van der Waals surface area contributed by atoms with Crippen LogP contribution < -0.4 is 0 Å². The lowest BCUT2D eigenvalue weighted by molar-refractivity contribution is 1.18. The largest absolute Gasteiger partial charge is 0.309 e. The number of nitrogens with zero attached hydrogens (tertiary/aromatic N) is 2. The lowest BCUT2D eigenvalue weighted by Crippen LogP contribution is -2.05. The van der Waals surface area contributed by atoms with Crippen LogP contribution in [0.5, 0.6) is 0 Å². The average Bonchev–Trinajstić information content (AvgIpc) is 3.48. The molecule has 0 radical (unpaired) electrons. The SMILES string of the molecule is N#Cc1cc(S(c2ccccc2)(c2ccccc2)c2ccccc2)ccc1-c1cccc(-n2c3ccccc3c3ccccc32)c1. The molecule has 0 saturated carbocycles. The van der Waals surface area contributed by atoms with E-state index in [0.717, 1.165) is 21.7 Å². The first-order valence-corrected chi connectivity index (χ1v) is 17.0. The van der Waals surface area contributed by atoms with E-state index in [1.54, 1.807) is 0 Å². The van der Waals surface area contributed by atoms with Gasteiger partial charge in [-0.3, -0.25) is 0 Å². The van der Waals surface area contributed by atoms with Crippen molar-refractivity contribution >= 4 is 31.8 Å². The summed E-state index contributed by atoms with van der Waals surface area (Å²) in [5.41, 5.74) is 6.01. The van der Waals surface area contributed by atoms with Crippen molar-refractivity contribution in [1.29, 1.82) is 5.26 Å². The highest BCUT2D eigenvalue weighted by atomic mass is 32.3. The molecule has 0 amide bonds. The highest BCUT2D eigenvalue weighted by molar-refractivity contribution is 8.34. The predicted molar refractivity (Wildman–Crippen MR) is 191 cm³/mol. The summed E-state index contributed by atoms with van der Waals surface area (Å²) in [6.07, 6.45) is 0. The standard InChI is InChI=1S/C43H30N2S/c44-31-33-30-38(46(35-17-4-1-5-18-35,36-19-6-2-7-20-36)37-21-8-3-9-22-37)27-28-39(33)32-15-14-16-34(29-32)45-42-25-12-10-23-40(42)41-24-11-13-26-43(41)45/h1-30H. The molecule has 218 valence electrons. The molecule has 0 spiro atoms. The van der Waals surface area contributed by atoms with E-state index in [2.05, 4.69) is 193 Å². The number of nitriles is 1. The van der Waals surface area contributed by atoms with Crippen LogP contribution in [0.2, 0.25) is 0 Å². The van der Waals surface area contributed by atoms with Gasteiger partial charge < -0.3 is 4.57 Å². The first-order chi connectivity index (χ1) is 22.8. The summed E-state index contributed by atoms with van der Waals surface area (Å²) in [6.45, 7) is 0. The molecular formula is C43H30N2S. The molecular weight excluding hydrogens is 577 g/mol. The van der Waals surface area contributed by atoms with Gasteiger partial charge in [-0.25, -0.2) is 0 Å². The molecule has 2 nitrogen and oxygen atoms in total. The summed E-state index contributed by atoms with van der Waals surface area (Å²) >= 11 is 0. The summed E-state index contributed by atoms with van der Waals surface area (Å²) in [5.74, 6) is 0. The molecule has 0 bridgehead atoms. The summed E-state index contributed by atoms with van der Waals surface area (Å²) in [7, 11) is -1.89. The number of aromatic nitrogens is 1. The Morgan fingerprint density at radius 1 is 0.435 bits per heavy atom. The minimum Gasteiger partial charge on any atom is -0.309 e. The Balaban J connectivity index is 1.34. The van der Waals surface area contributed by atoms with Crippen molar-refractivity contribution in [3.63, 3.8) is 0 Å². The van der Waals surface area contributed by atoms with E-state index in [9.17, 15) is 5.26 Å². The van der Waals surface area contributed by atoms with Crippen LogP contribution in [-0.4, -0.2) is 4.57 Å². The summed E-state index contributed by atoms with van der Waals surface area (Å²) in [5, 5.41) is 13.1. The summed E-state index contributed by atoms with van der Waals surface area (Å²) in [6, 6.07) is 67.0. The molecule has 0 unspecified atom stereocenters. The van der Waals surface area contributed by atoms with E-state index in [-0.39, 0.29) is 0 Å². The van der Waals surface area contributed by atoms with Crippen LogP contribution in [0.4, 0.5) is 0 Å². The van der Waals surface area contributed by atoms with Gasteiger partial charge in [0.25, 0.3) is 0 Å². The molecule has 0 aliphatic carbocycles. The van der Waals surface area contributed by atoms with Gasteiger partial charge in [0.15, 0.2) is 0 Å². The molecule has 0 N–H and O–H groups in total. The number of fused-ring (bicyclic) bond motifs is 3. The van der Waals surface area contributed by atoms with E-state index >= 15 is 0 Å². The normalized spacial score (nSPS) is 11.8. The number of hydrogen-bond acceptors (Lipinski definition) is 1. The van der Waals surface area contributed by atoms with Crippen LogP contribution in [0, 0.1) is 11.3 Å². The smallest absolute Gasteiger partial charge is 0.0998 e. The molecule has 1 heterocycles. The Bertz CT molecular complexity index is 2220. The fourth-order valence-corrected chi connectivity index (χ4v) is 10.7. The van der Waals surface area contributed by atoms with Gasteiger partial charge in [0, 0.05) is 36.0 Å². The van der Waals surface area contributed by atoms with Crippen molar-refractivity contribution in [1.82, 2.24) is 4.57 Å². The van der Waals surface area contributed by atoms with E-state index in [4.69, 9.17) is 0 Å². The Kier molecular flexibility index (Phi) is 6.99. The predicted octanol–water partition coefficient (Wildman–Crippen LogP) is 11.7. The maximum atomic E-state index is 10.7. The summed E-state index contributed by atoms with van der Waals surface area (Å²) in [4.78, 5) is 4.84. The molecule has 1 aromatic heterocycles. The highest BCUT2D eigenvalue weighted by Crippen LogP contribution is 2.73. The van der Waals surface area contributed by atoms with Crippen LogP contribution in [0.15, 0.2) is 202 Å². The molecule has 0 atom stereocenters. The van der Waals surface area contributed by atoms with Crippen molar-refractivity contribution in [3.05, 3.63) is 188 Å². The van der Waals surface area contributed by atoms with E-state index in [0.29, 0.717) is 5.56 Å². The van der Waals surface area contributed by atoms with Crippen LogP contribution in [-0.2, 0) is 0 Å². The molecule has 7 aromatic carbocycles. The quantitative estimate of drug-likeness (QED) is 0.185. The second-order valence-corrected chi connectivity index (χ2v) is 14.4. The van der Waals surface area contributed by atoms with Crippen LogP contribution in [0.25, 0.3) is 38.6 Å². The Labute approximate surface area is 270 Å². The van der Waals surface area contributed by atoms with Crippen molar-refractivity contribution in [2.24, 2.45) is 0 Å². The third-order valence-corrected chi connectivity index (χ3v) is 12.6. The van der Waals surface area contributed by atoms with Gasteiger partial charge in [0.05, 0.1) is 22.7 Å². The van der Waals surface area contributed by atoms with Crippen molar-refractivity contribution in [3.8, 4) is 22.9 Å². The Hall–Kier alpha value is -5.82. The third-order valence-electron chi connectivity index (χ3n) is 8.75. The molecule has 8 rings (SSSR count). The summed E-state index contributed by atoms with van der Waals surface area (Å²) < 4.78 is 2.32. The highest BCUT2D eigenvalue weighted by Gasteiger charge is 2.33. The van der Waals surface area contributed by atoms with Gasteiger partial charge in [0.2, 0.25) is 0 Å². The zero-order chi connectivity index (χ0) is 30.9. The van der Waals surface area contributed by atoms with E-state index < -0.39 is 10.0 Å². The lowest BCUT2D eigenvalue weighted by Gasteiger charge is -2.42. The van der Waals surface area contributed by atoms with Gasteiger partial charge in [0.1, 0.15) is 0 Å². The maximum absolute atomic E-state index is 10.7. The molecule has 8 aromatic rings. The van der Waals surface area contributed by atoms with Crippen LogP contribution >= 0.6 is 10.0 Å². The van der Waals surface area contributed by atoms with Crippen LogP contribution in [0.3, 0.4) is 0 Å². The number of hydrogen-bond donors (Lipinski definition) is 0. The Morgan fingerprint density at radius 3 is 1.46 bits per heavy atom. The zero-order valence-electron chi connectivity index (χ0n) is 25.1. The molecule has 0 fully saturated rings. The number of rotatable bonds is 6. The van der Waals surface area contributed by atoms with Gasteiger partial charge in [-0.1, -0.05) is 109 Å². The molecule has 0 saturated heterocycles. The first kappa shape index (κ1) is 27.7. The van der Waals surface area contributed by atoms with E-state index in [1.165, 1.54) is 36.5 Å². The van der Waals surface area contributed by atoms with Gasteiger partial charge in [-0.05, 0) is 83.9 Å². The minimum absolute atomic E-state index is 0.663. The van der Waals surface area contributed by atoms with Gasteiger partial charge >= 0.3 is 0 Å². The average molecular weight is 607 g/mol. The topological polar surface area (TPSA) is 28.7 Å². The fourth-order valence-electron chi connectivity index (χ4n) is 6.76. The van der Waals surface area contributed by atoms with Crippen molar-refractivity contribution < 1.29 is 0 Å². The second kappa shape index (κ2) is 11.6. The van der Waals surface area contributed by atoms with Crippen molar-refractivity contribution in [2.75, 3.05) is 0 Å². The minimum atomic E-state index is -1.89. The number of benzene rings is 7. The van der Waals surface area contributed by atoms with Gasteiger partial charge in [-0.15, -0.1) is 10.0 Å². The number of para-hydroxylation sites is 2. The van der Waals surface area contributed by atoms with Crippen LogP contribution in [0.1, 0.15) is 5.56 Å². The molecule has 46 heavy (non-hydrogen) atoms. The fraction of sp³-hybridized carbons (Fsp3) is 0. The van der Waals surface area contributed by atoms with E-state index in [1.807, 2.05) is 0 Å². The zero-order valence-corrected chi connectivity index (χ0v) is 25.9. The molecule has 3 heteroatoms. The third kappa shape index (κ3) is 4.43. The molecule has 0 aliphatic heterocycles. The Morgan fingerprint density at radius 2 is 0.935 bits per heavy atom. The maximum Gasteiger partial charge on any atom is 0.0998 e. The first-order valence-electron chi connectivity index (χ1n) is 15.4. The van der Waals surface area contributed by atoms with Gasteiger partial charge in [-0.2, -0.15) is 5.26 Å². The van der Waals surface area contributed by atoms with Crippen molar-refractivity contribution in [2.45, 2.75) is 19.6 Å². The molecule has 0 aliphatic rings.